The first-order valence-corrected chi connectivity index (χ1v) is 3.92. The third-order valence-electron chi connectivity index (χ3n) is 1.63. The van der Waals surface area contributed by atoms with Crippen LogP contribution in [0.4, 0.5) is 0 Å². The van der Waals surface area contributed by atoms with E-state index in [0.29, 0.717) is 0 Å². The lowest BCUT2D eigenvalue weighted by atomic mass is 9.95. The number of rotatable bonds is 6. The molecule has 0 aliphatic carbocycles. The van der Waals surface area contributed by atoms with Crippen molar-refractivity contribution >= 4 is 24.0 Å². The van der Waals surface area contributed by atoms with Gasteiger partial charge >= 0.3 is 5.97 Å². The van der Waals surface area contributed by atoms with Gasteiger partial charge in [-0.2, -0.15) is 0 Å². The largest absolute Gasteiger partial charge is 0.479 e. The first-order chi connectivity index (χ1) is 6.84. The normalized spacial score (nSPS) is 13.7. The zero-order valence-corrected chi connectivity index (χ0v) is 7.84. The van der Waals surface area contributed by atoms with Gasteiger partial charge in [-0.3, -0.25) is 9.79 Å². The highest BCUT2D eigenvalue weighted by molar-refractivity contribution is 6.20. The van der Waals surface area contributed by atoms with Crippen LogP contribution in [0, 0.1) is 0 Å². The van der Waals surface area contributed by atoms with Gasteiger partial charge in [0.05, 0.1) is 0 Å². The van der Waals surface area contributed by atoms with Gasteiger partial charge in [-0.25, -0.2) is 4.79 Å². The van der Waals surface area contributed by atoms with Gasteiger partial charge in [0.1, 0.15) is 0 Å². The van der Waals surface area contributed by atoms with Crippen LogP contribution in [0.2, 0.25) is 0 Å². The monoisotopic (exact) mass is 216 g/mol. The molecule has 0 aromatic carbocycles. The van der Waals surface area contributed by atoms with Crippen molar-refractivity contribution in [2.24, 2.45) is 22.2 Å². The van der Waals surface area contributed by atoms with Crippen molar-refractivity contribution in [3.8, 4) is 0 Å². The predicted molar refractivity (Wildman–Crippen MR) is 50.9 cm³/mol. The Hall–Kier alpha value is -1.96. The van der Waals surface area contributed by atoms with E-state index in [2.05, 4.69) is 4.99 Å². The van der Waals surface area contributed by atoms with Crippen LogP contribution in [0.5, 0.6) is 0 Å². The predicted octanol–water partition coefficient (Wildman–Crippen LogP) is -2.80. The van der Waals surface area contributed by atoms with Gasteiger partial charge in [-0.15, -0.1) is 0 Å². The molecular formula is C7H12N4O4. The minimum absolute atomic E-state index is 0.110. The number of carbonyl (C=O) groups is 3. The minimum atomic E-state index is -2.51. The van der Waals surface area contributed by atoms with Gasteiger partial charge < -0.3 is 27.1 Å². The van der Waals surface area contributed by atoms with Gasteiger partial charge in [-0.1, -0.05) is 0 Å². The Kier molecular flexibility index (Phi) is 4.39. The van der Waals surface area contributed by atoms with Crippen LogP contribution in [0.1, 0.15) is 6.42 Å². The fraction of sp³-hybridized carbons (Fsp3) is 0.429. The highest BCUT2D eigenvalue weighted by Gasteiger charge is 2.41. The quantitative estimate of drug-likeness (QED) is 0.161. The van der Waals surface area contributed by atoms with E-state index in [1.54, 1.807) is 0 Å². The van der Waals surface area contributed by atoms with Crippen LogP contribution < -0.4 is 17.2 Å². The van der Waals surface area contributed by atoms with Gasteiger partial charge in [0.2, 0.25) is 5.54 Å². The Morgan fingerprint density at radius 2 is 1.93 bits per heavy atom. The summed E-state index contributed by atoms with van der Waals surface area (Å²) >= 11 is 0. The summed E-state index contributed by atoms with van der Waals surface area (Å²) in [4.78, 5) is 35.6. The maximum atomic E-state index is 11.2. The van der Waals surface area contributed by atoms with E-state index < -0.39 is 17.3 Å². The molecule has 0 aliphatic heterocycles. The summed E-state index contributed by atoms with van der Waals surface area (Å²) in [5.74, 6) is -2.88. The highest BCUT2D eigenvalue weighted by Crippen LogP contribution is 2.02. The van der Waals surface area contributed by atoms with Crippen LogP contribution in [-0.4, -0.2) is 41.2 Å². The third kappa shape index (κ3) is 3.35. The number of hydrogen-bond acceptors (Lipinski definition) is 5. The zero-order valence-electron chi connectivity index (χ0n) is 7.84. The van der Waals surface area contributed by atoms with E-state index in [0.717, 1.165) is 0 Å². The van der Waals surface area contributed by atoms with Crippen molar-refractivity contribution in [3.63, 3.8) is 0 Å². The second-order valence-corrected chi connectivity index (χ2v) is 2.77. The molecule has 0 aromatic rings. The van der Waals surface area contributed by atoms with Crippen LogP contribution in [-0.2, 0) is 14.4 Å². The SMILES string of the molecule is NC(N)=NCCC(=O)[C@@](N)(C=O)C(=O)O. The number of nitrogens with two attached hydrogens (primary N) is 3. The number of carbonyl (C=O) groups excluding carboxylic acids is 2. The molecule has 8 heteroatoms. The molecule has 8 nitrogen and oxygen atoms in total. The van der Waals surface area contributed by atoms with Crippen molar-refractivity contribution < 1.29 is 19.5 Å². The summed E-state index contributed by atoms with van der Waals surface area (Å²) in [6.45, 7) is -0.110. The molecule has 0 saturated carbocycles. The summed E-state index contributed by atoms with van der Waals surface area (Å²) in [5, 5.41) is 8.55. The van der Waals surface area contributed by atoms with Gasteiger partial charge in [0.15, 0.2) is 18.0 Å². The maximum absolute atomic E-state index is 11.2. The number of hydrogen-bond donors (Lipinski definition) is 4. The lowest BCUT2D eigenvalue weighted by Crippen LogP contribution is -2.56. The van der Waals surface area contributed by atoms with Crippen LogP contribution >= 0.6 is 0 Å². The number of aliphatic carboxylic acids is 1. The first-order valence-electron chi connectivity index (χ1n) is 3.92. The first kappa shape index (κ1) is 13.0. The molecule has 1 atom stereocenters. The molecule has 0 unspecified atom stereocenters. The molecule has 0 saturated heterocycles. The molecule has 15 heavy (non-hydrogen) atoms. The van der Waals surface area contributed by atoms with E-state index in [1.165, 1.54) is 0 Å². The third-order valence-corrected chi connectivity index (χ3v) is 1.63. The van der Waals surface area contributed by atoms with Crippen LogP contribution in [0.15, 0.2) is 4.99 Å². The van der Waals surface area contributed by atoms with Crippen molar-refractivity contribution in [3.05, 3.63) is 0 Å². The summed E-state index contributed by atoms with van der Waals surface area (Å²) in [5.41, 5.74) is 12.5. The lowest BCUT2D eigenvalue weighted by molar-refractivity contribution is -0.149. The molecule has 84 valence electrons. The van der Waals surface area contributed by atoms with E-state index in [1.807, 2.05) is 0 Å². The number of carboxylic acids is 1. The molecule has 0 spiro atoms. The van der Waals surface area contributed by atoms with E-state index in [-0.39, 0.29) is 25.2 Å². The maximum Gasteiger partial charge on any atom is 0.339 e. The van der Waals surface area contributed by atoms with Crippen molar-refractivity contribution in [2.75, 3.05) is 6.54 Å². The van der Waals surface area contributed by atoms with Gasteiger partial charge in [0, 0.05) is 13.0 Å². The topological polar surface area (TPSA) is 162 Å². The average Bonchev–Trinajstić information content (AvgIpc) is 2.15. The van der Waals surface area contributed by atoms with E-state index >= 15 is 0 Å². The van der Waals surface area contributed by atoms with Gasteiger partial charge in [-0.05, 0) is 0 Å². The molecule has 0 rings (SSSR count). The van der Waals surface area contributed by atoms with Crippen molar-refractivity contribution in [1.29, 1.82) is 0 Å². The fourth-order valence-electron chi connectivity index (χ4n) is 0.729. The summed E-state index contributed by atoms with van der Waals surface area (Å²) < 4.78 is 0. The van der Waals surface area contributed by atoms with Crippen LogP contribution in [0.25, 0.3) is 0 Å². The minimum Gasteiger partial charge on any atom is -0.479 e. The molecule has 0 fully saturated rings. The average molecular weight is 216 g/mol. The van der Waals surface area contributed by atoms with Crippen LogP contribution in [0.3, 0.4) is 0 Å². The Morgan fingerprint density at radius 1 is 1.40 bits per heavy atom. The summed E-state index contributed by atoms with van der Waals surface area (Å²) in [7, 11) is 0. The van der Waals surface area contributed by atoms with Gasteiger partial charge in [0.25, 0.3) is 0 Å². The number of ketones is 1. The molecule has 7 N–H and O–H groups in total. The Bertz CT molecular complexity index is 310. The molecule has 0 bridgehead atoms. The number of Topliss-reactive ketones (excluding diaryl/α,β-unsaturated/α-hetero) is 1. The lowest BCUT2D eigenvalue weighted by Gasteiger charge is -2.14. The smallest absolute Gasteiger partial charge is 0.339 e. The second kappa shape index (κ2) is 5.05. The van der Waals surface area contributed by atoms with Crippen molar-refractivity contribution in [2.45, 2.75) is 12.0 Å². The van der Waals surface area contributed by atoms with E-state index in [9.17, 15) is 14.4 Å². The number of carboxylic acid groups (broad SMARTS) is 1. The summed E-state index contributed by atoms with van der Waals surface area (Å²) in [6, 6.07) is 0. The van der Waals surface area contributed by atoms with Crippen molar-refractivity contribution in [1.82, 2.24) is 0 Å². The molecular weight excluding hydrogens is 204 g/mol. The summed E-state index contributed by atoms with van der Waals surface area (Å²) in [6.07, 6.45) is -0.438. The Labute approximate surface area is 85.1 Å². The molecule has 0 radical (unpaired) electrons. The standard InChI is InChI=1S/C7H12N4O4/c8-6(9)11-2-1-4(13)7(10,3-12)5(14)15/h3H,1-2,10H2,(H,14,15)(H4,8,9,11)/t7-/m0/s1. The number of guanidine groups is 1. The number of nitrogens with zero attached hydrogens (tertiary/aromatic N) is 1. The number of aldehydes is 1. The molecule has 0 aromatic heterocycles. The Balaban J connectivity index is 4.49. The van der Waals surface area contributed by atoms with E-state index in [4.69, 9.17) is 22.3 Å². The fourth-order valence-corrected chi connectivity index (χ4v) is 0.729. The zero-order chi connectivity index (χ0) is 12.1. The molecule has 0 heterocycles. The highest BCUT2D eigenvalue weighted by atomic mass is 16.4. The second-order valence-electron chi connectivity index (χ2n) is 2.77. The molecule has 0 amide bonds. The Morgan fingerprint density at radius 3 is 2.27 bits per heavy atom. The molecule has 0 aliphatic rings. The number of aliphatic imine (C=N–C) groups is 1.